The number of nitrogens with zero attached hydrogens (tertiary/aromatic N) is 2. The van der Waals surface area contributed by atoms with Gasteiger partial charge < -0.3 is 5.32 Å². The van der Waals surface area contributed by atoms with Gasteiger partial charge in [0, 0.05) is 43.7 Å². The molecule has 4 heteroatoms. The molecular weight excluding hydrogens is 298 g/mol. The number of likely N-dealkylation sites (tertiary alicyclic amines) is 1. The minimum absolute atomic E-state index is 0.0704. The van der Waals surface area contributed by atoms with Gasteiger partial charge in [-0.15, -0.1) is 0 Å². The largest absolute Gasteiger partial charge is 0.350 e. The second-order valence-corrected chi connectivity index (χ2v) is 6.97. The first-order chi connectivity index (χ1) is 11.8. The van der Waals surface area contributed by atoms with Crippen molar-refractivity contribution in [3.63, 3.8) is 0 Å². The summed E-state index contributed by atoms with van der Waals surface area (Å²) in [4.78, 5) is 19.0. The van der Waals surface area contributed by atoms with Gasteiger partial charge in [0.15, 0.2) is 0 Å². The Hall–Kier alpha value is -2.20. The van der Waals surface area contributed by atoms with Crippen molar-refractivity contribution >= 4 is 5.91 Å². The van der Waals surface area contributed by atoms with Crippen LogP contribution in [0.25, 0.3) is 0 Å². The molecule has 1 N–H and O–H groups in total. The van der Waals surface area contributed by atoms with Crippen LogP contribution in [0.1, 0.15) is 36.4 Å². The van der Waals surface area contributed by atoms with Crippen molar-refractivity contribution in [2.24, 2.45) is 0 Å². The number of hydrogen-bond acceptors (Lipinski definition) is 3. The maximum atomic E-state index is 12.1. The van der Waals surface area contributed by atoms with Crippen molar-refractivity contribution < 1.29 is 4.79 Å². The van der Waals surface area contributed by atoms with E-state index < -0.39 is 0 Å². The molecule has 1 aromatic carbocycles. The van der Waals surface area contributed by atoms with Crippen LogP contribution < -0.4 is 5.32 Å². The number of rotatable bonds is 3. The topological polar surface area (TPSA) is 45.2 Å². The summed E-state index contributed by atoms with van der Waals surface area (Å²) in [5, 5.41) is 3.32. The highest BCUT2D eigenvalue weighted by Gasteiger charge is 2.48. The number of piperidine rings is 1. The SMILES string of the molecule is O=C1C[C@H](c2ccccc2)C2(CCN(Cc3ccccn3)CC2)N1. The highest BCUT2D eigenvalue weighted by atomic mass is 16.2. The Morgan fingerprint density at radius 3 is 2.54 bits per heavy atom. The van der Waals surface area contributed by atoms with Gasteiger partial charge in [-0.2, -0.15) is 0 Å². The van der Waals surface area contributed by atoms with Crippen molar-refractivity contribution in [3.05, 3.63) is 66.0 Å². The average Bonchev–Trinajstić information content (AvgIpc) is 2.95. The van der Waals surface area contributed by atoms with E-state index in [1.54, 1.807) is 0 Å². The van der Waals surface area contributed by atoms with Crippen LogP contribution in [-0.4, -0.2) is 34.4 Å². The molecule has 1 amide bonds. The maximum absolute atomic E-state index is 12.1. The van der Waals surface area contributed by atoms with Gasteiger partial charge in [-0.3, -0.25) is 14.7 Å². The summed E-state index contributed by atoms with van der Waals surface area (Å²) in [6.07, 6.45) is 4.48. The van der Waals surface area contributed by atoms with Crippen LogP contribution in [0.3, 0.4) is 0 Å². The van der Waals surface area contributed by atoms with Crippen LogP contribution in [0.5, 0.6) is 0 Å². The monoisotopic (exact) mass is 321 g/mol. The lowest BCUT2D eigenvalue weighted by atomic mass is 9.74. The molecule has 1 atom stereocenters. The van der Waals surface area contributed by atoms with Gasteiger partial charge in [-0.05, 0) is 30.5 Å². The maximum Gasteiger partial charge on any atom is 0.221 e. The van der Waals surface area contributed by atoms with Crippen LogP contribution in [0.2, 0.25) is 0 Å². The van der Waals surface area contributed by atoms with Crippen LogP contribution in [0.15, 0.2) is 54.7 Å². The number of benzene rings is 1. The summed E-state index contributed by atoms with van der Waals surface area (Å²) < 4.78 is 0. The number of carbonyl (C=O) groups excluding carboxylic acids is 1. The van der Waals surface area contributed by atoms with Crippen molar-refractivity contribution in [2.75, 3.05) is 13.1 Å². The summed E-state index contributed by atoms with van der Waals surface area (Å²) in [6, 6.07) is 16.6. The zero-order valence-corrected chi connectivity index (χ0v) is 13.8. The van der Waals surface area contributed by atoms with Gasteiger partial charge in [0.2, 0.25) is 5.91 Å². The molecule has 0 radical (unpaired) electrons. The Balaban J connectivity index is 1.47. The number of aromatic nitrogens is 1. The standard InChI is InChI=1S/C20H23N3O/c24-19-14-18(16-6-2-1-3-7-16)20(22-19)9-12-23(13-10-20)15-17-8-4-5-11-21-17/h1-8,11,18H,9-10,12-15H2,(H,22,24)/t18-/m1/s1. The van der Waals surface area contributed by atoms with Crippen LogP contribution in [0, 0.1) is 0 Å². The number of hydrogen-bond donors (Lipinski definition) is 1. The lowest BCUT2D eigenvalue weighted by molar-refractivity contribution is -0.120. The normalized spacial score (nSPS) is 23.3. The van der Waals surface area contributed by atoms with E-state index in [1.165, 1.54) is 5.56 Å². The fraction of sp³-hybridized carbons (Fsp3) is 0.400. The molecule has 4 rings (SSSR count). The number of nitrogens with one attached hydrogen (secondary N) is 1. The molecule has 4 nitrogen and oxygen atoms in total. The first-order valence-corrected chi connectivity index (χ1v) is 8.73. The first kappa shape index (κ1) is 15.3. The molecule has 0 bridgehead atoms. The second kappa shape index (κ2) is 6.36. The van der Waals surface area contributed by atoms with E-state index in [0.29, 0.717) is 12.3 Å². The summed E-state index contributed by atoms with van der Waals surface area (Å²) in [5.41, 5.74) is 2.33. The van der Waals surface area contributed by atoms with Gasteiger partial charge in [0.25, 0.3) is 0 Å². The lowest BCUT2D eigenvalue weighted by Crippen LogP contribution is -2.53. The van der Waals surface area contributed by atoms with E-state index in [9.17, 15) is 4.79 Å². The fourth-order valence-electron chi connectivity index (χ4n) is 4.22. The Morgan fingerprint density at radius 1 is 1.08 bits per heavy atom. The number of amides is 1. The predicted octanol–water partition coefficient (Wildman–Crippen LogP) is 2.72. The molecule has 124 valence electrons. The van der Waals surface area contributed by atoms with E-state index in [-0.39, 0.29) is 11.4 Å². The van der Waals surface area contributed by atoms with Gasteiger partial charge >= 0.3 is 0 Å². The molecule has 2 saturated heterocycles. The molecule has 2 aromatic rings. The summed E-state index contributed by atoms with van der Waals surface area (Å²) >= 11 is 0. The highest BCUT2D eigenvalue weighted by molar-refractivity contribution is 5.81. The number of pyridine rings is 1. The van der Waals surface area contributed by atoms with E-state index in [4.69, 9.17) is 0 Å². The van der Waals surface area contributed by atoms with Crippen molar-refractivity contribution in [1.82, 2.24) is 15.2 Å². The third-order valence-corrected chi connectivity index (χ3v) is 5.51. The summed E-state index contributed by atoms with van der Waals surface area (Å²) in [7, 11) is 0. The van der Waals surface area contributed by atoms with Crippen LogP contribution in [0.4, 0.5) is 0 Å². The van der Waals surface area contributed by atoms with Gasteiger partial charge in [-0.25, -0.2) is 0 Å². The van der Waals surface area contributed by atoms with E-state index in [1.807, 2.05) is 24.4 Å². The quantitative estimate of drug-likeness (QED) is 0.945. The molecule has 24 heavy (non-hydrogen) atoms. The third kappa shape index (κ3) is 2.94. The fourth-order valence-corrected chi connectivity index (χ4v) is 4.22. The minimum atomic E-state index is -0.0704. The zero-order chi connectivity index (χ0) is 16.4. The summed E-state index contributed by atoms with van der Waals surface area (Å²) in [6.45, 7) is 2.89. The van der Waals surface area contributed by atoms with E-state index >= 15 is 0 Å². The third-order valence-electron chi connectivity index (χ3n) is 5.51. The molecule has 0 saturated carbocycles. The van der Waals surface area contributed by atoms with Crippen LogP contribution >= 0.6 is 0 Å². The van der Waals surface area contributed by atoms with Gasteiger partial charge in [-0.1, -0.05) is 36.4 Å². The highest BCUT2D eigenvalue weighted by Crippen LogP contribution is 2.43. The first-order valence-electron chi connectivity index (χ1n) is 8.73. The Kier molecular flexibility index (Phi) is 4.07. The molecule has 2 aliphatic rings. The van der Waals surface area contributed by atoms with Gasteiger partial charge in [0.05, 0.1) is 5.69 Å². The lowest BCUT2D eigenvalue weighted by Gasteiger charge is -2.43. The second-order valence-electron chi connectivity index (χ2n) is 6.97. The molecule has 2 aliphatic heterocycles. The molecule has 3 heterocycles. The molecule has 2 fully saturated rings. The average molecular weight is 321 g/mol. The Bertz CT molecular complexity index is 693. The molecule has 1 aromatic heterocycles. The number of carbonyl (C=O) groups is 1. The zero-order valence-electron chi connectivity index (χ0n) is 13.8. The summed E-state index contributed by atoms with van der Waals surface area (Å²) in [5.74, 6) is 0.491. The van der Waals surface area contributed by atoms with Gasteiger partial charge in [0.1, 0.15) is 0 Å². The van der Waals surface area contributed by atoms with E-state index in [2.05, 4.69) is 45.5 Å². The molecule has 0 aliphatic carbocycles. The van der Waals surface area contributed by atoms with Crippen LogP contribution in [-0.2, 0) is 11.3 Å². The molecule has 0 unspecified atom stereocenters. The Labute approximate surface area is 142 Å². The van der Waals surface area contributed by atoms with Crippen molar-refractivity contribution in [1.29, 1.82) is 0 Å². The van der Waals surface area contributed by atoms with Crippen molar-refractivity contribution in [2.45, 2.75) is 37.3 Å². The molecule has 1 spiro atoms. The van der Waals surface area contributed by atoms with E-state index in [0.717, 1.165) is 38.2 Å². The Morgan fingerprint density at radius 2 is 1.83 bits per heavy atom. The minimum Gasteiger partial charge on any atom is -0.350 e. The predicted molar refractivity (Wildman–Crippen MR) is 93.4 cm³/mol. The smallest absolute Gasteiger partial charge is 0.221 e. The van der Waals surface area contributed by atoms with Crippen molar-refractivity contribution in [3.8, 4) is 0 Å². The molecular formula is C20H23N3O.